The van der Waals surface area contributed by atoms with Gasteiger partial charge in [-0.3, -0.25) is 18.5 Å². The number of hydrogen-bond donors (Lipinski definition) is 6. The summed E-state index contributed by atoms with van der Waals surface area (Å²) in [6.07, 6.45) is -8.63. The minimum Gasteiger partial charge on any atom is -0.756 e. The number of anilines is 1. The zero-order valence-corrected chi connectivity index (χ0v) is 25.8. The molecule has 2 unspecified atom stereocenters. The molecule has 3 aromatic heterocycles. The highest BCUT2D eigenvalue weighted by Crippen LogP contribution is 2.56. The summed E-state index contributed by atoms with van der Waals surface area (Å²) in [7, 11) is -11.4. The lowest BCUT2D eigenvalue weighted by atomic mass is 10.1. The second kappa shape index (κ2) is 12.9. The lowest BCUT2D eigenvalue weighted by Crippen LogP contribution is -2.46. The smallest absolute Gasteiger partial charge is 0.292 e. The van der Waals surface area contributed by atoms with Gasteiger partial charge in [-0.2, -0.15) is 4.57 Å². The summed E-state index contributed by atoms with van der Waals surface area (Å²) in [4.78, 5) is 48.0. The second-order valence-electron chi connectivity index (χ2n) is 9.75. The molecule has 246 valence electrons. The predicted molar refractivity (Wildman–Crippen MR) is 143 cm³/mol. The zero-order chi connectivity index (χ0) is 32.8. The second-order valence-corrected chi connectivity index (χ2v) is 13.4. The topological polar surface area (TPSA) is 324 Å². The van der Waals surface area contributed by atoms with Crippen molar-refractivity contribution in [2.24, 2.45) is 5.73 Å². The third-order valence-corrected chi connectivity index (χ3v) is 9.88. The molecule has 0 aromatic carbocycles. The van der Waals surface area contributed by atoms with Crippen molar-refractivity contribution >= 4 is 54.5 Å². The first-order valence-corrected chi connectivity index (χ1v) is 16.4. The Hall–Kier alpha value is -2.53. The van der Waals surface area contributed by atoms with Gasteiger partial charge in [0.25, 0.3) is 27.8 Å². The van der Waals surface area contributed by atoms with Crippen LogP contribution >= 0.6 is 31.6 Å². The molecule has 2 saturated heterocycles. The Bertz CT molecular complexity index is 1680. The van der Waals surface area contributed by atoms with E-state index in [0.717, 1.165) is 6.33 Å². The van der Waals surface area contributed by atoms with E-state index < -0.39 is 83.8 Å². The van der Waals surface area contributed by atoms with Gasteiger partial charge in [-0.1, -0.05) is 0 Å². The van der Waals surface area contributed by atoms with E-state index in [4.69, 9.17) is 20.9 Å². The normalized spacial score (nSPS) is 31.2. The van der Waals surface area contributed by atoms with Crippen molar-refractivity contribution in [1.29, 1.82) is 0 Å². The van der Waals surface area contributed by atoms with Crippen LogP contribution in [0.5, 0.6) is 0 Å². The molecule has 24 heteroatoms. The van der Waals surface area contributed by atoms with Crippen LogP contribution in [0.15, 0.2) is 35.6 Å². The van der Waals surface area contributed by atoms with Crippen molar-refractivity contribution in [2.45, 2.75) is 49.1 Å². The number of aliphatic hydroxyl groups excluding tert-OH is 4. The van der Waals surface area contributed by atoms with Gasteiger partial charge < -0.3 is 60.2 Å². The van der Waals surface area contributed by atoms with E-state index in [9.17, 15) is 44.1 Å². The standard InChI is InChI=1S/C21H26BrN7O14P2/c22-21-27-11-16(23)25-7-26-18(11)29(21)20-15(33)13(31)10(42-20)6-40-45(37,38)43-44(35,36)39-5-9-12(30)14(32)19(41-9)28-3-1-2-8(4-28)17(24)34/h1-4,7,9-10,12-15,19-20,30-33H,5-6H2,(H5-,23,24,25,26,34,35,36,37,38)/p-1/t9-,10-,12-,13-,14-,15-,19-,20-/m1/s1. The van der Waals surface area contributed by atoms with Gasteiger partial charge in [0.15, 0.2) is 46.4 Å². The minimum absolute atomic E-state index is 0.0138. The third kappa shape index (κ3) is 7.09. The summed E-state index contributed by atoms with van der Waals surface area (Å²) in [5.74, 6) is -0.767. The molecule has 0 radical (unpaired) electrons. The molecular weight excluding hydrogens is 716 g/mol. The number of carbonyl (C=O) groups excluding carboxylic acids is 1. The predicted octanol–water partition coefficient (Wildman–Crippen LogP) is -3.52. The number of pyridine rings is 1. The number of aliphatic hydroxyl groups is 4. The maximum atomic E-state index is 12.3. The Morgan fingerprint density at radius 3 is 2.31 bits per heavy atom. The molecule has 2 aliphatic rings. The molecule has 2 fully saturated rings. The number of nitrogens with zero attached hydrogens (tertiary/aromatic N) is 5. The maximum Gasteiger partial charge on any atom is 0.292 e. The van der Waals surface area contributed by atoms with E-state index >= 15 is 0 Å². The molecule has 0 bridgehead atoms. The van der Waals surface area contributed by atoms with Crippen LogP contribution in [0, 0.1) is 0 Å². The molecule has 2 aliphatic heterocycles. The average Bonchev–Trinajstić information content (AvgIpc) is 3.56. The number of imidazole rings is 1. The number of carbonyl (C=O) groups is 1. The van der Waals surface area contributed by atoms with Crippen LogP contribution in [-0.2, 0) is 32.0 Å². The van der Waals surface area contributed by atoms with Crippen molar-refractivity contribution < 1.29 is 71.5 Å². The first kappa shape index (κ1) is 33.8. The van der Waals surface area contributed by atoms with Gasteiger partial charge >= 0.3 is 0 Å². The number of aromatic nitrogens is 5. The first-order valence-electron chi connectivity index (χ1n) is 12.7. The molecule has 5 rings (SSSR count). The van der Waals surface area contributed by atoms with Gasteiger partial charge in [0.2, 0.25) is 0 Å². The van der Waals surface area contributed by atoms with Crippen molar-refractivity contribution in [2.75, 3.05) is 18.9 Å². The van der Waals surface area contributed by atoms with Crippen LogP contribution in [0.4, 0.5) is 5.82 Å². The van der Waals surface area contributed by atoms with Crippen molar-refractivity contribution in [3.63, 3.8) is 0 Å². The number of amides is 1. The molecule has 21 nitrogen and oxygen atoms in total. The summed E-state index contributed by atoms with van der Waals surface area (Å²) < 4.78 is 51.3. The summed E-state index contributed by atoms with van der Waals surface area (Å²) in [6.45, 7) is -2.00. The number of fused-ring (bicyclic) bond motifs is 1. The summed E-state index contributed by atoms with van der Waals surface area (Å²) in [6, 6.07) is 2.80. The zero-order valence-electron chi connectivity index (χ0n) is 22.5. The molecule has 10 atom stereocenters. The van der Waals surface area contributed by atoms with Crippen LogP contribution in [0.3, 0.4) is 0 Å². The molecule has 45 heavy (non-hydrogen) atoms. The Kier molecular flexibility index (Phi) is 9.72. The van der Waals surface area contributed by atoms with Gasteiger partial charge in [-0.15, -0.1) is 0 Å². The molecule has 8 N–H and O–H groups in total. The van der Waals surface area contributed by atoms with Crippen LogP contribution in [0.2, 0.25) is 0 Å². The summed E-state index contributed by atoms with van der Waals surface area (Å²) in [5, 5.41) is 41.7. The van der Waals surface area contributed by atoms with Crippen LogP contribution in [0.1, 0.15) is 22.8 Å². The Morgan fingerprint density at radius 1 is 1.04 bits per heavy atom. The molecule has 5 heterocycles. The lowest BCUT2D eigenvalue weighted by Gasteiger charge is -2.31. The number of phosphoric acid groups is 2. The fourth-order valence-electron chi connectivity index (χ4n) is 4.61. The number of nitrogens with two attached hydrogens (primary N) is 2. The highest BCUT2D eigenvalue weighted by Gasteiger charge is 2.49. The van der Waals surface area contributed by atoms with E-state index in [1.807, 2.05) is 0 Å². The molecule has 0 spiro atoms. The number of rotatable bonds is 11. The first-order chi connectivity index (χ1) is 21.1. The minimum atomic E-state index is -5.70. The number of primary amides is 1. The van der Waals surface area contributed by atoms with Gasteiger partial charge in [0.1, 0.15) is 42.4 Å². The van der Waals surface area contributed by atoms with Gasteiger partial charge in [-0.25, -0.2) is 19.3 Å². The Balaban J connectivity index is 1.17. The van der Waals surface area contributed by atoms with Crippen molar-refractivity contribution in [1.82, 2.24) is 19.5 Å². The molecule has 3 aromatic rings. The quantitative estimate of drug-likeness (QED) is 0.0630. The maximum absolute atomic E-state index is 12.3. The number of nitrogen functional groups attached to an aromatic ring is 1. The molecule has 0 saturated carbocycles. The fourth-order valence-corrected chi connectivity index (χ4v) is 7.18. The molecule has 1 amide bonds. The third-order valence-electron chi connectivity index (χ3n) is 6.79. The van der Waals surface area contributed by atoms with Crippen molar-refractivity contribution in [3.05, 3.63) is 41.2 Å². The number of ether oxygens (including phenoxy) is 2. The van der Waals surface area contributed by atoms with E-state index in [2.05, 4.69) is 44.2 Å². The van der Waals surface area contributed by atoms with E-state index in [0.29, 0.717) is 0 Å². The van der Waals surface area contributed by atoms with Gasteiger partial charge in [-0.05, 0) is 22.0 Å². The van der Waals surface area contributed by atoms with Gasteiger partial charge in [0.05, 0.1) is 13.2 Å². The van der Waals surface area contributed by atoms with Crippen LogP contribution < -0.4 is 25.8 Å². The SMILES string of the molecule is NC(=O)c1ccc[n+]([C@@H]2O[C@H](COP(=O)([O-])OP(=O)([O-])OC[C@H]3O[C@@H](n4c(Br)nc5c(N)ncnc54)[C@H](O)[C@@H]3O)[C@@H](O)[C@H]2O)c1. The van der Waals surface area contributed by atoms with Crippen LogP contribution in [0.25, 0.3) is 11.2 Å². The number of halogens is 1. The highest BCUT2D eigenvalue weighted by molar-refractivity contribution is 9.10. The summed E-state index contributed by atoms with van der Waals surface area (Å²) >= 11 is 3.17. The van der Waals surface area contributed by atoms with E-state index in [-0.39, 0.29) is 27.3 Å². The Morgan fingerprint density at radius 2 is 1.67 bits per heavy atom. The van der Waals surface area contributed by atoms with Crippen LogP contribution in [-0.4, -0.2) is 95.7 Å². The number of phosphoric ester groups is 2. The lowest BCUT2D eigenvalue weighted by molar-refractivity contribution is -0.765. The molecule has 0 aliphatic carbocycles. The van der Waals surface area contributed by atoms with E-state index in [1.54, 1.807) is 0 Å². The number of hydrogen-bond acceptors (Lipinski definition) is 18. The van der Waals surface area contributed by atoms with Gasteiger partial charge in [0, 0.05) is 6.07 Å². The van der Waals surface area contributed by atoms with Crippen molar-refractivity contribution in [3.8, 4) is 0 Å². The Labute approximate surface area is 260 Å². The largest absolute Gasteiger partial charge is 0.756 e. The van der Waals surface area contributed by atoms with E-state index in [1.165, 1.54) is 33.7 Å². The average molecular weight is 741 g/mol. The molecular formula is C21H25BrN7O14P2-. The highest BCUT2D eigenvalue weighted by atomic mass is 79.9. The monoisotopic (exact) mass is 740 g/mol. The fraction of sp³-hybridized carbons (Fsp3) is 0.476. The summed E-state index contributed by atoms with van der Waals surface area (Å²) in [5.41, 5.74) is 11.3.